The topological polar surface area (TPSA) is 63.3 Å². The van der Waals surface area contributed by atoms with Crippen molar-refractivity contribution in [2.75, 3.05) is 6.54 Å². The molecule has 4 rings (SSSR count). The van der Waals surface area contributed by atoms with E-state index in [0.29, 0.717) is 11.7 Å². The summed E-state index contributed by atoms with van der Waals surface area (Å²) in [6.07, 6.45) is 8.21. The molecule has 0 radical (unpaired) electrons. The molecule has 1 amide bonds. The van der Waals surface area contributed by atoms with E-state index in [9.17, 15) is 4.79 Å². The van der Waals surface area contributed by atoms with Crippen LogP contribution in [0.1, 0.15) is 60.7 Å². The molecule has 6 heteroatoms. The van der Waals surface area contributed by atoms with Crippen molar-refractivity contribution in [1.29, 1.82) is 0 Å². The van der Waals surface area contributed by atoms with Crippen LogP contribution in [0.4, 0.5) is 0 Å². The molecule has 0 aromatic carbocycles. The molecule has 0 spiro atoms. The fourth-order valence-corrected chi connectivity index (χ4v) is 3.79. The number of furan rings is 1. The highest BCUT2D eigenvalue weighted by Gasteiger charge is 2.28. The minimum atomic E-state index is -0.0337. The van der Waals surface area contributed by atoms with Crippen LogP contribution in [0, 0.1) is 0 Å². The van der Waals surface area contributed by atoms with Gasteiger partial charge in [-0.3, -0.25) is 9.69 Å². The second kappa shape index (κ2) is 6.43. The van der Waals surface area contributed by atoms with Crippen LogP contribution in [0.3, 0.4) is 0 Å². The van der Waals surface area contributed by atoms with E-state index >= 15 is 0 Å². The van der Waals surface area contributed by atoms with Gasteiger partial charge in [0.1, 0.15) is 17.3 Å². The summed E-state index contributed by atoms with van der Waals surface area (Å²) >= 11 is 0. The third kappa shape index (κ3) is 2.98. The molecule has 1 aliphatic carbocycles. The quantitative estimate of drug-likeness (QED) is 0.937. The molecule has 1 aliphatic heterocycles. The molecule has 1 saturated carbocycles. The predicted molar refractivity (Wildman–Crippen MR) is 89.5 cm³/mol. The molecular formula is C18H24N4O2. The Morgan fingerprint density at radius 1 is 1.38 bits per heavy atom. The highest BCUT2D eigenvalue weighted by Crippen LogP contribution is 2.26. The average molecular weight is 328 g/mol. The molecule has 2 aromatic heterocycles. The maximum Gasteiger partial charge on any atom is 0.271 e. The van der Waals surface area contributed by atoms with Gasteiger partial charge in [0.2, 0.25) is 0 Å². The molecule has 0 bridgehead atoms. The number of hydrogen-bond donors (Lipinski definition) is 1. The highest BCUT2D eigenvalue weighted by molar-refractivity contribution is 5.92. The lowest BCUT2D eigenvalue weighted by Gasteiger charge is -2.32. The summed E-state index contributed by atoms with van der Waals surface area (Å²) < 4.78 is 7.58. The zero-order chi connectivity index (χ0) is 16.5. The van der Waals surface area contributed by atoms with E-state index < -0.39 is 0 Å². The molecule has 128 valence electrons. The van der Waals surface area contributed by atoms with E-state index in [1.165, 1.54) is 12.8 Å². The van der Waals surface area contributed by atoms with E-state index in [0.717, 1.165) is 44.1 Å². The summed E-state index contributed by atoms with van der Waals surface area (Å²) in [5.41, 5.74) is 0.545. The first kappa shape index (κ1) is 15.4. The Labute approximate surface area is 141 Å². The van der Waals surface area contributed by atoms with Crippen molar-refractivity contribution in [2.24, 2.45) is 0 Å². The van der Waals surface area contributed by atoms with Crippen molar-refractivity contribution in [2.45, 2.75) is 57.8 Å². The van der Waals surface area contributed by atoms with Crippen molar-refractivity contribution in [3.05, 3.63) is 41.9 Å². The molecular weight excluding hydrogens is 304 g/mol. The number of nitrogens with one attached hydrogen (secondary N) is 1. The summed E-state index contributed by atoms with van der Waals surface area (Å²) in [7, 11) is 0. The average Bonchev–Trinajstić information content (AvgIpc) is 3.31. The zero-order valence-corrected chi connectivity index (χ0v) is 14.1. The first-order chi connectivity index (χ1) is 11.7. The summed E-state index contributed by atoms with van der Waals surface area (Å²) in [5, 5.41) is 3.12. The molecule has 1 atom stereocenters. The number of hydrogen-bond acceptors (Lipinski definition) is 4. The largest absolute Gasteiger partial charge is 0.468 e. The number of nitrogens with zero attached hydrogens (tertiary/aromatic N) is 3. The van der Waals surface area contributed by atoms with Crippen LogP contribution < -0.4 is 5.32 Å². The third-order valence-electron chi connectivity index (χ3n) is 5.22. The van der Waals surface area contributed by atoms with Crippen molar-refractivity contribution in [3.8, 4) is 0 Å². The molecule has 6 nitrogen and oxygen atoms in total. The zero-order valence-electron chi connectivity index (χ0n) is 14.1. The maximum absolute atomic E-state index is 12.4. The fraction of sp³-hybridized carbons (Fsp3) is 0.556. The lowest BCUT2D eigenvalue weighted by Crippen LogP contribution is -2.36. The molecule has 1 fully saturated rings. The normalized spacial score (nSPS) is 21.8. The van der Waals surface area contributed by atoms with Gasteiger partial charge in [0, 0.05) is 25.3 Å². The van der Waals surface area contributed by atoms with E-state index in [1.54, 1.807) is 6.26 Å². The monoisotopic (exact) mass is 328 g/mol. The Hall–Kier alpha value is -2.08. The predicted octanol–water partition coefficient (Wildman–Crippen LogP) is 2.73. The van der Waals surface area contributed by atoms with Gasteiger partial charge in [0.15, 0.2) is 0 Å². The fourth-order valence-electron chi connectivity index (χ4n) is 3.79. The molecule has 1 unspecified atom stereocenters. The van der Waals surface area contributed by atoms with Gasteiger partial charge in [0.25, 0.3) is 5.91 Å². The number of fused-ring (bicyclic) bond motifs is 1. The smallest absolute Gasteiger partial charge is 0.271 e. The van der Waals surface area contributed by atoms with Crippen LogP contribution >= 0.6 is 0 Å². The number of aromatic nitrogens is 2. The Morgan fingerprint density at radius 3 is 2.96 bits per heavy atom. The summed E-state index contributed by atoms with van der Waals surface area (Å²) in [6.45, 7) is 4.68. The van der Waals surface area contributed by atoms with E-state index in [2.05, 4.69) is 26.7 Å². The summed E-state index contributed by atoms with van der Waals surface area (Å²) in [4.78, 5) is 19.4. The first-order valence-electron chi connectivity index (χ1n) is 8.85. The molecule has 24 heavy (non-hydrogen) atoms. The number of carbonyl (C=O) groups excluding carboxylic acids is 1. The maximum atomic E-state index is 12.4. The van der Waals surface area contributed by atoms with Gasteiger partial charge in [-0.1, -0.05) is 12.8 Å². The van der Waals surface area contributed by atoms with Crippen LogP contribution in [0.25, 0.3) is 0 Å². The van der Waals surface area contributed by atoms with Gasteiger partial charge in [-0.15, -0.1) is 0 Å². The minimum absolute atomic E-state index is 0.0337. The lowest BCUT2D eigenvalue weighted by atomic mass is 10.2. The number of rotatable bonds is 4. The van der Waals surface area contributed by atoms with Gasteiger partial charge in [0.05, 0.1) is 18.8 Å². The van der Waals surface area contributed by atoms with Gasteiger partial charge >= 0.3 is 0 Å². The van der Waals surface area contributed by atoms with Crippen molar-refractivity contribution in [1.82, 2.24) is 19.8 Å². The third-order valence-corrected chi connectivity index (χ3v) is 5.22. The van der Waals surface area contributed by atoms with Gasteiger partial charge in [-0.25, -0.2) is 4.98 Å². The van der Waals surface area contributed by atoms with Crippen LogP contribution in [0.5, 0.6) is 0 Å². The Balaban J connectivity index is 1.47. The standard InChI is InChI=1S/C18H24N4O2/c1-13-17-20-16(18(23)19-14-5-2-3-6-14)12-22(17)9-8-21(13)11-15-7-4-10-24-15/h4,7,10,12-14H,2-3,5-6,8-9,11H2,1H3,(H,19,23). The SMILES string of the molecule is CC1c2nc(C(=O)NC3CCCC3)cn2CCN1Cc1ccco1. The van der Waals surface area contributed by atoms with Gasteiger partial charge in [-0.2, -0.15) is 0 Å². The number of amides is 1. The Morgan fingerprint density at radius 2 is 2.21 bits per heavy atom. The molecule has 2 aliphatic rings. The van der Waals surface area contributed by atoms with Crippen LogP contribution in [-0.2, 0) is 13.1 Å². The second-order valence-electron chi connectivity index (χ2n) is 6.86. The molecule has 3 heterocycles. The molecule has 1 N–H and O–H groups in total. The highest BCUT2D eigenvalue weighted by atomic mass is 16.3. The Kier molecular flexibility index (Phi) is 4.14. The van der Waals surface area contributed by atoms with Gasteiger partial charge in [-0.05, 0) is 31.9 Å². The Bertz CT molecular complexity index is 701. The van der Waals surface area contributed by atoms with E-state index in [4.69, 9.17) is 4.42 Å². The second-order valence-corrected chi connectivity index (χ2v) is 6.86. The molecule has 0 saturated heterocycles. The van der Waals surface area contributed by atoms with Crippen molar-refractivity contribution < 1.29 is 9.21 Å². The van der Waals surface area contributed by atoms with Crippen molar-refractivity contribution >= 4 is 5.91 Å². The minimum Gasteiger partial charge on any atom is -0.468 e. The number of carbonyl (C=O) groups is 1. The molecule has 2 aromatic rings. The van der Waals surface area contributed by atoms with E-state index in [1.807, 2.05) is 18.3 Å². The summed E-state index contributed by atoms with van der Waals surface area (Å²) in [6, 6.07) is 4.39. The van der Waals surface area contributed by atoms with E-state index in [-0.39, 0.29) is 11.9 Å². The van der Waals surface area contributed by atoms with Crippen molar-refractivity contribution in [3.63, 3.8) is 0 Å². The number of imidazole rings is 1. The van der Waals surface area contributed by atoms with Gasteiger partial charge < -0.3 is 14.3 Å². The summed E-state index contributed by atoms with van der Waals surface area (Å²) in [5.74, 6) is 1.89. The van der Waals surface area contributed by atoms with Crippen LogP contribution in [0.15, 0.2) is 29.0 Å². The van der Waals surface area contributed by atoms with Crippen LogP contribution in [-0.4, -0.2) is 32.9 Å². The first-order valence-corrected chi connectivity index (χ1v) is 8.85. The lowest BCUT2D eigenvalue weighted by molar-refractivity contribution is 0.0933. The van der Waals surface area contributed by atoms with Crippen LogP contribution in [0.2, 0.25) is 0 Å².